The van der Waals surface area contributed by atoms with Crippen LogP contribution in [0.1, 0.15) is 44.9 Å². The normalized spacial score (nSPS) is 32.9. The lowest BCUT2D eigenvalue weighted by atomic mass is 10.0. The second kappa shape index (κ2) is 5.78. The summed E-state index contributed by atoms with van der Waals surface area (Å²) >= 11 is 0. The third-order valence-corrected chi connectivity index (χ3v) is 4.07. The van der Waals surface area contributed by atoms with Crippen molar-refractivity contribution < 1.29 is 9.90 Å². The van der Waals surface area contributed by atoms with Crippen molar-refractivity contribution >= 4 is 5.78 Å². The summed E-state index contributed by atoms with van der Waals surface area (Å²) in [7, 11) is 0. The van der Waals surface area contributed by atoms with E-state index in [2.05, 4.69) is 4.90 Å². The summed E-state index contributed by atoms with van der Waals surface area (Å²) in [5.74, 6) is 1.07. The molecule has 1 aliphatic carbocycles. The Morgan fingerprint density at radius 2 is 2.12 bits per heavy atom. The lowest BCUT2D eigenvalue weighted by molar-refractivity contribution is -0.123. The van der Waals surface area contributed by atoms with Crippen LogP contribution in [0.2, 0.25) is 0 Å². The Kier molecular flexibility index (Phi) is 4.36. The van der Waals surface area contributed by atoms with Crippen LogP contribution in [-0.2, 0) is 4.79 Å². The third-order valence-electron chi connectivity index (χ3n) is 4.07. The summed E-state index contributed by atoms with van der Waals surface area (Å²) in [6.07, 6.45) is 7.41. The van der Waals surface area contributed by atoms with Crippen LogP contribution in [0.15, 0.2) is 0 Å². The largest absolute Gasteiger partial charge is 0.396 e. The number of nitrogens with zero attached hydrogens (tertiary/aromatic N) is 1. The summed E-state index contributed by atoms with van der Waals surface area (Å²) in [4.78, 5) is 14.3. The maximum Gasteiger partial charge on any atom is 0.149 e. The first-order chi connectivity index (χ1) is 7.81. The molecule has 1 N–H and O–H groups in total. The smallest absolute Gasteiger partial charge is 0.149 e. The van der Waals surface area contributed by atoms with Crippen molar-refractivity contribution in [3.8, 4) is 0 Å². The molecule has 1 aliphatic heterocycles. The number of aliphatic hydroxyl groups excluding tert-OH is 1. The first kappa shape index (κ1) is 12.1. The highest BCUT2D eigenvalue weighted by Gasteiger charge is 2.32. The molecule has 2 aliphatic rings. The number of likely N-dealkylation sites (tertiary alicyclic amines) is 1. The molecule has 1 saturated heterocycles. The summed E-state index contributed by atoms with van der Waals surface area (Å²) in [6, 6.07) is 0.200. The van der Waals surface area contributed by atoms with Gasteiger partial charge in [-0.2, -0.15) is 0 Å². The van der Waals surface area contributed by atoms with E-state index in [1.54, 1.807) is 0 Å². The van der Waals surface area contributed by atoms with E-state index in [1.807, 2.05) is 0 Å². The Morgan fingerprint density at radius 1 is 1.25 bits per heavy atom. The van der Waals surface area contributed by atoms with Crippen LogP contribution in [0.3, 0.4) is 0 Å². The molecule has 0 spiro atoms. The zero-order valence-corrected chi connectivity index (χ0v) is 10.0. The molecule has 16 heavy (non-hydrogen) atoms. The van der Waals surface area contributed by atoms with Crippen LogP contribution in [0, 0.1) is 5.92 Å². The van der Waals surface area contributed by atoms with E-state index in [-0.39, 0.29) is 12.6 Å². The Hall–Kier alpha value is -0.410. The zero-order chi connectivity index (χ0) is 11.4. The Morgan fingerprint density at radius 3 is 2.94 bits per heavy atom. The average molecular weight is 225 g/mol. The number of hydrogen-bond acceptors (Lipinski definition) is 3. The minimum absolute atomic E-state index is 0.200. The van der Waals surface area contributed by atoms with Gasteiger partial charge in [-0.1, -0.05) is 12.8 Å². The van der Waals surface area contributed by atoms with E-state index in [4.69, 9.17) is 5.11 Å². The van der Waals surface area contributed by atoms with Gasteiger partial charge >= 0.3 is 0 Å². The number of Topliss-reactive ketones (excluding diaryl/α,β-unsaturated/α-hetero) is 1. The van der Waals surface area contributed by atoms with Gasteiger partial charge < -0.3 is 5.11 Å². The van der Waals surface area contributed by atoms with Crippen molar-refractivity contribution in [2.24, 2.45) is 5.92 Å². The fourth-order valence-electron chi connectivity index (χ4n) is 3.09. The first-order valence-corrected chi connectivity index (χ1v) is 6.69. The molecule has 92 valence electrons. The molecule has 0 aromatic carbocycles. The SMILES string of the molecule is O=C1CCCCCC1N1CCC(CCO)C1. The standard InChI is InChI=1S/C13H23NO2/c15-9-7-11-6-8-14(10-11)12-4-2-1-3-5-13(12)16/h11-12,15H,1-10H2. The van der Waals surface area contributed by atoms with E-state index in [0.29, 0.717) is 11.7 Å². The van der Waals surface area contributed by atoms with Gasteiger partial charge in [0.05, 0.1) is 6.04 Å². The molecule has 2 unspecified atom stereocenters. The average Bonchev–Trinajstić information content (AvgIpc) is 2.61. The minimum Gasteiger partial charge on any atom is -0.396 e. The van der Waals surface area contributed by atoms with E-state index in [0.717, 1.165) is 45.2 Å². The molecule has 0 aromatic rings. The molecular formula is C13H23NO2. The number of hydrogen-bond donors (Lipinski definition) is 1. The van der Waals surface area contributed by atoms with Crippen LogP contribution >= 0.6 is 0 Å². The van der Waals surface area contributed by atoms with Crippen molar-refractivity contribution in [2.45, 2.75) is 51.0 Å². The fraction of sp³-hybridized carbons (Fsp3) is 0.923. The molecule has 1 saturated carbocycles. The van der Waals surface area contributed by atoms with Crippen molar-refractivity contribution in [3.05, 3.63) is 0 Å². The van der Waals surface area contributed by atoms with Gasteiger partial charge in [-0.05, 0) is 38.1 Å². The Bertz CT molecular complexity index is 242. The molecular weight excluding hydrogens is 202 g/mol. The van der Waals surface area contributed by atoms with Gasteiger partial charge in [0, 0.05) is 19.6 Å². The number of carbonyl (C=O) groups is 1. The first-order valence-electron chi connectivity index (χ1n) is 6.69. The summed E-state index contributed by atoms with van der Waals surface area (Å²) < 4.78 is 0. The van der Waals surface area contributed by atoms with Crippen LogP contribution in [0.4, 0.5) is 0 Å². The van der Waals surface area contributed by atoms with Gasteiger partial charge in [0.15, 0.2) is 0 Å². The second-order valence-electron chi connectivity index (χ2n) is 5.24. The number of rotatable bonds is 3. The lowest BCUT2D eigenvalue weighted by Crippen LogP contribution is -2.39. The van der Waals surface area contributed by atoms with E-state index >= 15 is 0 Å². The van der Waals surface area contributed by atoms with Gasteiger partial charge in [-0.3, -0.25) is 9.69 Å². The van der Waals surface area contributed by atoms with Gasteiger partial charge in [0.25, 0.3) is 0 Å². The van der Waals surface area contributed by atoms with Crippen LogP contribution < -0.4 is 0 Å². The van der Waals surface area contributed by atoms with E-state index < -0.39 is 0 Å². The predicted molar refractivity (Wildman–Crippen MR) is 63.3 cm³/mol. The van der Waals surface area contributed by atoms with Crippen LogP contribution in [0.25, 0.3) is 0 Å². The van der Waals surface area contributed by atoms with Crippen LogP contribution in [0.5, 0.6) is 0 Å². The van der Waals surface area contributed by atoms with Gasteiger partial charge in [-0.15, -0.1) is 0 Å². The maximum atomic E-state index is 12.0. The van der Waals surface area contributed by atoms with Gasteiger partial charge in [0.1, 0.15) is 5.78 Å². The molecule has 2 rings (SSSR count). The Balaban J connectivity index is 1.89. The summed E-state index contributed by atoms with van der Waals surface area (Å²) in [6.45, 7) is 2.37. The Labute approximate surface area is 97.8 Å². The van der Waals surface area contributed by atoms with E-state index in [1.165, 1.54) is 12.8 Å². The highest BCUT2D eigenvalue weighted by atomic mass is 16.3. The molecule has 2 fully saturated rings. The molecule has 1 heterocycles. The van der Waals surface area contributed by atoms with Crippen molar-refractivity contribution in [1.82, 2.24) is 4.90 Å². The molecule has 0 radical (unpaired) electrons. The maximum absolute atomic E-state index is 12.0. The van der Waals surface area contributed by atoms with Crippen molar-refractivity contribution in [1.29, 1.82) is 0 Å². The van der Waals surface area contributed by atoms with Crippen molar-refractivity contribution in [2.75, 3.05) is 19.7 Å². The number of carbonyl (C=O) groups excluding carboxylic acids is 1. The van der Waals surface area contributed by atoms with E-state index in [9.17, 15) is 4.79 Å². The minimum atomic E-state index is 0.200. The highest BCUT2D eigenvalue weighted by Crippen LogP contribution is 2.26. The van der Waals surface area contributed by atoms with Crippen LogP contribution in [-0.4, -0.2) is 41.5 Å². The lowest BCUT2D eigenvalue weighted by Gasteiger charge is -2.25. The molecule has 0 aromatic heterocycles. The zero-order valence-electron chi connectivity index (χ0n) is 10.0. The molecule has 0 amide bonds. The predicted octanol–water partition coefficient (Wildman–Crippen LogP) is 1.59. The number of ketones is 1. The summed E-state index contributed by atoms with van der Waals surface area (Å²) in [5.41, 5.74) is 0. The molecule has 2 atom stereocenters. The highest BCUT2D eigenvalue weighted by molar-refractivity contribution is 5.84. The fourth-order valence-corrected chi connectivity index (χ4v) is 3.09. The third kappa shape index (κ3) is 2.83. The molecule has 3 heteroatoms. The summed E-state index contributed by atoms with van der Waals surface area (Å²) in [5, 5.41) is 8.93. The molecule has 0 bridgehead atoms. The van der Waals surface area contributed by atoms with Gasteiger partial charge in [0.2, 0.25) is 0 Å². The molecule has 3 nitrogen and oxygen atoms in total. The number of aliphatic hydroxyl groups is 1. The van der Waals surface area contributed by atoms with Gasteiger partial charge in [-0.25, -0.2) is 0 Å². The van der Waals surface area contributed by atoms with Crippen molar-refractivity contribution in [3.63, 3.8) is 0 Å². The topological polar surface area (TPSA) is 40.5 Å². The monoisotopic (exact) mass is 225 g/mol. The quantitative estimate of drug-likeness (QED) is 0.742. The second-order valence-corrected chi connectivity index (χ2v) is 5.24.